The van der Waals surface area contributed by atoms with Gasteiger partial charge >= 0.3 is 6.11 Å². The predicted molar refractivity (Wildman–Crippen MR) is 96.4 cm³/mol. The Kier molecular flexibility index (Phi) is 5.13. The Morgan fingerprint density at radius 3 is 2.19 bits per heavy atom. The van der Waals surface area contributed by atoms with E-state index in [2.05, 4.69) is 9.84 Å². The van der Waals surface area contributed by atoms with Crippen molar-refractivity contribution in [2.45, 2.75) is 18.9 Å². The lowest BCUT2D eigenvalue weighted by Crippen LogP contribution is -2.18. The summed E-state index contributed by atoms with van der Waals surface area (Å²) in [6.07, 6.45) is -3.22. The number of halogens is 3. The first kappa shape index (κ1) is 18.2. The molecule has 3 aromatic rings. The van der Waals surface area contributed by atoms with Gasteiger partial charge in [-0.15, -0.1) is 11.6 Å². The van der Waals surface area contributed by atoms with Gasteiger partial charge < -0.3 is 9.47 Å². The number of nitrogens with zero attached hydrogens (tertiary/aromatic N) is 2. The summed E-state index contributed by atoms with van der Waals surface area (Å²) < 4.78 is 37.4. The highest BCUT2D eigenvalue weighted by molar-refractivity contribution is 6.16. The molecule has 0 saturated heterocycles. The second-order valence-electron chi connectivity index (χ2n) is 5.70. The summed E-state index contributed by atoms with van der Waals surface area (Å²) in [6.45, 7) is 0.701. The fourth-order valence-corrected chi connectivity index (χ4v) is 2.65. The van der Waals surface area contributed by atoms with Gasteiger partial charge in [0.1, 0.15) is 11.5 Å². The van der Waals surface area contributed by atoms with Crippen molar-refractivity contribution in [1.29, 1.82) is 0 Å². The third kappa shape index (κ3) is 4.14. The normalized spacial score (nSPS) is 11.4. The van der Waals surface area contributed by atoms with Gasteiger partial charge in [-0.05, 0) is 54.6 Å². The van der Waals surface area contributed by atoms with Crippen LogP contribution in [0.1, 0.15) is 12.6 Å². The van der Waals surface area contributed by atoms with Crippen molar-refractivity contribution >= 4 is 11.6 Å². The maximum Gasteiger partial charge on any atom is 0.394 e. The first-order chi connectivity index (χ1) is 12.4. The molecule has 0 aliphatic heterocycles. The van der Waals surface area contributed by atoms with E-state index in [0.29, 0.717) is 12.6 Å². The second kappa shape index (κ2) is 7.33. The number of ether oxygens (including phenoxy) is 2. The van der Waals surface area contributed by atoms with E-state index >= 15 is 0 Å². The fraction of sp³-hybridized carbons (Fsp3) is 0.211. The van der Waals surface area contributed by atoms with E-state index in [9.17, 15) is 8.78 Å². The summed E-state index contributed by atoms with van der Waals surface area (Å²) in [5, 5.41) is 4.51. The summed E-state index contributed by atoms with van der Waals surface area (Å²) in [5.41, 5.74) is 3.13. The van der Waals surface area contributed by atoms with E-state index in [0.717, 1.165) is 22.7 Å². The van der Waals surface area contributed by atoms with Gasteiger partial charge in [0, 0.05) is 12.5 Å². The Morgan fingerprint density at radius 1 is 1.04 bits per heavy atom. The molecule has 0 aliphatic rings. The second-order valence-corrected chi connectivity index (χ2v) is 5.97. The minimum Gasteiger partial charge on any atom is -0.497 e. The lowest BCUT2D eigenvalue weighted by Gasteiger charge is -2.13. The Bertz CT molecular complexity index is 872. The lowest BCUT2D eigenvalue weighted by molar-refractivity contribution is -0.158. The van der Waals surface area contributed by atoms with Crippen molar-refractivity contribution in [1.82, 2.24) is 9.78 Å². The molecule has 7 heteroatoms. The molecule has 0 N–H and O–H groups in total. The molecule has 4 nitrogen and oxygen atoms in total. The van der Waals surface area contributed by atoms with Gasteiger partial charge in [0.05, 0.1) is 30.1 Å². The minimum atomic E-state index is -3.22. The molecule has 3 rings (SSSR count). The zero-order chi connectivity index (χ0) is 18.7. The Labute approximate surface area is 154 Å². The largest absolute Gasteiger partial charge is 0.497 e. The van der Waals surface area contributed by atoms with E-state index in [1.165, 1.54) is 12.1 Å². The number of alkyl halides is 3. The minimum absolute atomic E-state index is 0.0920. The molecular weight excluding hydrogens is 362 g/mol. The highest BCUT2D eigenvalue weighted by atomic mass is 35.5. The first-order valence-corrected chi connectivity index (χ1v) is 8.39. The van der Waals surface area contributed by atoms with Crippen LogP contribution in [-0.4, -0.2) is 23.0 Å². The smallest absolute Gasteiger partial charge is 0.394 e. The van der Waals surface area contributed by atoms with Crippen molar-refractivity contribution in [3.05, 3.63) is 60.3 Å². The third-order valence-electron chi connectivity index (χ3n) is 3.66. The molecule has 1 heterocycles. The maximum atomic E-state index is 13.0. The molecule has 2 aromatic carbocycles. The van der Waals surface area contributed by atoms with Gasteiger partial charge in [0.25, 0.3) is 0 Å². The average Bonchev–Trinajstić information content (AvgIpc) is 3.05. The summed E-state index contributed by atoms with van der Waals surface area (Å²) in [6, 6.07) is 15.7. The van der Waals surface area contributed by atoms with Crippen LogP contribution in [0, 0.1) is 0 Å². The zero-order valence-electron chi connectivity index (χ0n) is 14.2. The van der Waals surface area contributed by atoms with E-state index in [-0.39, 0.29) is 11.6 Å². The number of rotatable bonds is 6. The van der Waals surface area contributed by atoms with Gasteiger partial charge in [-0.1, -0.05) is 0 Å². The lowest BCUT2D eigenvalue weighted by atomic mass is 10.1. The van der Waals surface area contributed by atoms with E-state index in [1.54, 1.807) is 23.9 Å². The molecule has 136 valence electrons. The van der Waals surface area contributed by atoms with E-state index in [4.69, 9.17) is 16.3 Å². The number of hydrogen-bond acceptors (Lipinski definition) is 3. The maximum absolute atomic E-state index is 13.0. The molecule has 0 fully saturated rings. The van der Waals surface area contributed by atoms with Crippen LogP contribution in [-0.2, 0) is 5.88 Å². The van der Waals surface area contributed by atoms with Crippen molar-refractivity contribution in [3.8, 4) is 28.4 Å². The third-order valence-corrected chi connectivity index (χ3v) is 3.93. The van der Waals surface area contributed by atoms with Crippen LogP contribution in [0.2, 0.25) is 0 Å². The molecule has 0 unspecified atom stereocenters. The molecule has 0 amide bonds. The molecule has 0 atom stereocenters. The molecular formula is C19H17ClF2N2O2. The monoisotopic (exact) mass is 378 g/mol. The van der Waals surface area contributed by atoms with E-state index in [1.807, 2.05) is 30.3 Å². The number of aromatic nitrogens is 2. The quantitative estimate of drug-likeness (QED) is 0.548. The number of benzene rings is 2. The summed E-state index contributed by atoms with van der Waals surface area (Å²) >= 11 is 5.93. The molecule has 26 heavy (non-hydrogen) atoms. The Morgan fingerprint density at radius 2 is 1.65 bits per heavy atom. The van der Waals surface area contributed by atoms with Crippen LogP contribution in [0.4, 0.5) is 8.78 Å². The van der Waals surface area contributed by atoms with Gasteiger partial charge in [-0.3, -0.25) is 0 Å². The first-order valence-electron chi connectivity index (χ1n) is 7.86. The van der Waals surface area contributed by atoms with Crippen LogP contribution in [0.3, 0.4) is 0 Å². The van der Waals surface area contributed by atoms with Crippen LogP contribution in [0.25, 0.3) is 16.9 Å². The number of methoxy groups -OCH3 is 1. The Balaban J connectivity index is 1.97. The van der Waals surface area contributed by atoms with Gasteiger partial charge in [-0.25, -0.2) is 4.68 Å². The standard InChI is InChI=1S/C19H17ClF2N2O2/c1-19(21,22)26-17-7-3-13(4-8-17)18-11-14(12-20)23-24(18)15-5-9-16(25-2)10-6-15/h3-11H,12H2,1-2H3. The summed E-state index contributed by atoms with van der Waals surface area (Å²) in [7, 11) is 1.60. The summed E-state index contributed by atoms with van der Waals surface area (Å²) in [4.78, 5) is 0. The van der Waals surface area contributed by atoms with Gasteiger partial charge in [-0.2, -0.15) is 13.9 Å². The molecule has 0 bridgehead atoms. The predicted octanol–water partition coefficient (Wildman–Crippen LogP) is 5.28. The van der Waals surface area contributed by atoms with Gasteiger partial charge in [0.2, 0.25) is 0 Å². The Hall–Kier alpha value is -2.60. The van der Waals surface area contributed by atoms with Crippen molar-refractivity contribution < 1.29 is 18.3 Å². The highest BCUT2D eigenvalue weighted by Crippen LogP contribution is 2.29. The SMILES string of the molecule is COc1ccc(-n2nc(CCl)cc2-c2ccc(OC(C)(F)F)cc2)cc1. The van der Waals surface area contributed by atoms with Crippen molar-refractivity contribution in [2.24, 2.45) is 0 Å². The van der Waals surface area contributed by atoms with Crippen molar-refractivity contribution in [3.63, 3.8) is 0 Å². The molecule has 0 saturated carbocycles. The van der Waals surface area contributed by atoms with Gasteiger partial charge in [0.15, 0.2) is 0 Å². The van der Waals surface area contributed by atoms with E-state index < -0.39 is 6.11 Å². The van der Waals surface area contributed by atoms with Crippen LogP contribution >= 0.6 is 11.6 Å². The van der Waals surface area contributed by atoms with Crippen molar-refractivity contribution in [2.75, 3.05) is 7.11 Å². The van der Waals surface area contributed by atoms with Crippen LogP contribution < -0.4 is 9.47 Å². The molecule has 0 aliphatic carbocycles. The average molecular weight is 379 g/mol. The molecule has 0 spiro atoms. The topological polar surface area (TPSA) is 36.3 Å². The zero-order valence-corrected chi connectivity index (χ0v) is 15.0. The summed E-state index contributed by atoms with van der Waals surface area (Å²) in [5.74, 6) is 1.09. The molecule has 0 radical (unpaired) electrons. The molecule has 1 aromatic heterocycles. The number of hydrogen-bond donors (Lipinski definition) is 0. The highest BCUT2D eigenvalue weighted by Gasteiger charge is 2.23. The fourth-order valence-electron chi connectivity index (χ4n) is 2.52. The van der Waals surface area contributed by atoms with Crippen LogP contribution in [0.15, 0.2) is 54.6 Å². The van der Waals surface area contributed by atoms with Crippen LogP contribution in [0.5, 0.6) is 11.5 Å².